The number of aromatic hydroxyl groups is 1. The molecule has 172 valence electrons. The zero-order chi connectivity index (χ0) is 22.9. The number of carbonyl (C=O) groups excluding carboxylic acids is 1. The molecule has 2 aromatic heterocycles. The first-order valence-electron chi connectivity index (χ1n) is 10.9. The molecule has 33 heavy (non-hydrogen) atoms. The summed E-state index contributed by atoms with van der Waals surface area (Å²) in [4.78, 5) is 27.1. The topological polar surface area (TPSA) is 115 Å². The van der Waals surface area contributed by atoms with Crippen LogP contribution in [0.2, 0.25) is 5.02 Å². The van der Waals surface area contributed by atoms with E-state index in [-0.39, 0.29) is 28.7 Å². The molecule has 2 aliphatic rings. The summed E-state index contributed by atoms with van der Waals surface area (Å²) in [6.45, 7) is 2.98. The van der Waals surface area contributed by atoms with Crippen molar-refractivity contribution in [3.8, 4) is 17.1 Å². The third-order valence-electron chi connectivity index (χ3n) is 6.15. The van der Waals surface area contributed by atoms with Crippen LogP contribution in [0.5, 0.6) is 5.75 Å². The minimum absolute atomic E-state index is 0.0401. The van der Waals surface area contributed by atoms with Gasteiger partial charge in [0.05, 0.1) is 46.1 Å². The van der Waals surface area contributed by atoms with Crippen LogP contribution in [0.3, 0.4) is 0 Å². The SMILES string of the molecule is CN1CCO[C@@H](C[C@@H]2CNC(=O)c3c2[nH]c(-c2ccncn2)c3Nc2cccc(Cl)c2O)C1. The highest BCUT2D eigenvalue weighted by Crippen LogP contribution is 2.42. The number of morpholine rings is 1. The van der Waals surface area contributed by atoms with Crippen LogP contribution in [0.1, 0.15) is 28.4 Å². The van der Waals surface area contributed by atoms with Gasteiger partial charge in [0.1, 0.15) is 6.33 Å². The summed E-state index contributed by atoms with van der Waals surface area (Å²) < 4.78 is 5.99. The Morgan fingerprint density at radius 1 is 1.36 bits per heavy atom. The lowest BCUT2D eigenvalue weighted by Crippen LogP contribution is -2.43. The molecule has 1 fully saturated rings. The van der Waals surface area contributed by atoms with Crippen molar-refractivity contribution in [1.82, 2.24) is 25.2 Å². The van der Waals surface area contributed by atoms with Crippen LogP contribution in [0, 0.1) is 0 Å². The molecule has 5 rings (SSSR count). The van der Waals surface area contributed by atoms with Crippen LogP contribution < -0.4 is 10.6 Å². The van der Waals surface area contributed by atoms with Gasteiger partial charge in [-0.2, -0.15) is 0 Å². The van der Waals surface area contributed by atoms with Crippen molar-refractivity contribution in [3.63, 3.8) is 0 Å². The summed E-state index contributed by atoms with van der Waals surface area (Å²) in [5.74, 6) is -0.240. The Morgan fingerprint density at radius 2 is 2.24 bits per heavy atom. The van der Waals surface area contributed by atoms with Gasteiger partial charge in [-0.05, 0) is 31.7 Å². The molecular formula is C23H25ClN6O3. The Hall–Kier alpha value is -3.14. The van der Waals surface area contributed by atoms with Crippen molar-refractivity contribution in [1.29, 1.82) is 0 Å². The second-order valence-electron chi connectivity index (χ2n) is 8.42. The van der Waals surface area contributed by atoms with E-state index in [1.54, 1.807) is 30.5 Å². The molecule has 4 heterocycles. The number of amides is 1. The van der Waals surface area contributed by atoms with Gasteiger partial charge in [0.15, 0.2) is 5.75 Å². The number of H-pyrrole nitrogens is 1. The summed E-state index contributed by atoms with van der Waals surface area (Å²) >= 11 is 6.11. The standard InChI is InChI=1S/C23H25ClN6O3/c1-30-7-8-33-14(11-30)9-13-10-26-23(32)18-19(13)29-20(16-5-6-25-12-27-16)21(18)28-17-4-2-3-15(24)22(17)31/h2-6,12-14,28-29,31H,7-11H2,1H3,(H,26,32)/t13-,14+/m1/s1. The van der Waals surface area contributed by atoms with Crippen molar-refractivity contribution < 1.29 is 14.6 Å². The van der Waals surface area contributed by atoms with Gasteiger partial charge in [0, 0.05) is 37.4 Å². The first-order valence-corrected chi connectivity index (χ1v) is 11.2. The molecule has 9 nitrogen and oxygen atoms in total. The molecule has 0 aliphatic carbocycles. The van der Waals surface area contributed by atoms with E-state index in [9.17, 15) is 9.90 Å². The van der Waals surface area contributed by atoms with E-state index in [2.05, 4.69) is 37.5 Å². The van der Waals surface area contributed by atoms with Crippen LogP contribution in [-0.4, -0.2) is 70.3 Å². The van der Waals surface area contributed by atoms with Crippen molar-refractivity contribution in [2.24, 2.45) is 0 Å². The molecule has 2 atom stereocenters. The van der Waals surface area contributed by atoms with Gasteiger partial charge < -0.3 is 30.4 Å². The molecule has 0 radical (unpaired) electrons. The number of halogens is 1. The minimum atomic E-state index is -0.191. The number of nitrogens with zero attached hydrogens (tertiary/aromatic N) is 3. The second kappa shape index (κ2) is 9.01. The summed E-state index contributed by atoms with van der Waals surface area (Å²) in [5.41, 5.74) is 3.53. The van der Waals surface area contributed by atoms with E-state index < -0.39 is 0 Å². The summed E-state index contributed by atoms with van der Waals surface area (Å²) in [6, 6.07) is 6.80. The van der Waals surface area contributed by atoms with Crippen LogP contribution in [0.4, 0.5) is 11.4 Å². The van der Waals surface area contributed by atoms with Crippen LogP contribution in [-0.2, 0) is 4.74 Å². The average Bonchev–Trinajstić information content (AvgIpc) is 3.20. The van der Waals surface area contributed by atoms with E-state index in [1.165, 1.54) is 6.33 Å². The van der Waals surface area contributed by atoms with E-state index in [4.69, 9.17) is 16.3 Å². The number of anilines is 2. The van der Waals surface area contributed by atoms with Gasteiger partial charge in [0.25, 0.3) is 5.91 Å². The Kier molecular flexibility index (Phi) is 5.92. The zero-order valence-electron chi connectivity index (χ0n) is 18.1. The normalized spacial score (nSPS) is 20.8. The lowest BCUT2D eigenvalue weighted by Gasteiger charge is -2.33. The molecule has 4 N–H and O–H groups in total. The minimum Gasteiger partial charge on any atom is -0.504 e. The van der Waals surface area contributed by atoms with E-state index in [0.717, 1.165) is 25.2 Å². The maximum absolute atomic E-state index is 13.1. The largest absolute Gasteiger partial charge is 0.504 e. The van der Waals surface area contributed by atoms with Gasteiger partial charge in [-0.15, -0.1) is 0 Å². The second-order valence-corrected chi connectivity index (χ2v) is 8.82. The number of nitrogens with one attached hydrogen (secondary N) is 3. The van der Waals surface area contributed by atoms with Crippen LogP contribution >= 0.6 is 11.6 Å². The fraction of sp³-hybridized carbons (Fsp3) is 0.348. The lowest BCUT2D eigenvalue weighted by molar-refractivity contribution is -0.0268. The first-order chi connectivity index (χ1) is 16.0. The lowest BCUT2D eigenvalue weighted by atomic mass is 9.91. The number of phenols is 1. The predicted molar refractivity (Wildman–Crippen MR) is 125 cm³/mol. The molecule has 1 amide bonds. The van der Waals surface area contributed by atoms with Gasteiger partial charge in [-0.3, -0.25) is 4.79 Å². The third-order valence-corrected chi connectivity index (χ3v) is 6.45. The predicted octanol–water partition coefficient (Wildman–Crippen LogP) is 3.12. The smallest absolute Gasteiger partial charge is 0.255 e. The quantitative estimate of drug-likeness (QED) is 0.425. The number of phenolic OH excluding ortho intramolecular Hbond substituents is 1. The number of hydrogen-bond acceptors (Lipinski definition) is 7. The molecule has 1 saturated heterocycles. The van der Waals surface area contributed by atoms with Gasteiger partial charge in [-0.25, -0.2) is 9.97 Å². The van der Waals surface area contributed by atoms with Crippen molar-refractivity contribution in [2.75, 3.05) is 38.6 Å². The maximum Gasteiger partial charge on any atom is 0.255 e. The summed E-state index contributed by atoms with van der Waals surface area (Å²) in [7, 11) is 2.09. The van der Waals surface area contributed by atoms with Gasteiger partial charge in [-0.1, -0.05) is 17.7 Å². The third kappa shape index (κ3) is 4.27. The Bertz CT molecular complexity index is 1170. The number of para-hydroxylation sites is 1. The number of aromatic amines is 1. The van der Waals surface area contributed by atoms with Gasteiger partial charge >= 0.3 is 0 Å². The molecule has 0 saturated carbocycles. The molecular weight excluding hydrogens is 444 g/mol. The fourth-order valence-corrected chi connectivity index (χ4v) is 4.68. The molecule has 2 aliphatic heterocycles. The Balaban J connectivity index is 1.58. The maximum atomic E-state index is 13.1. The summed E-state index contributed by atoms with van der Waals surface area (Å²) in [6.07, 6.45) is 3.95. The van der Waals surface area contributed by atoms with E-state index in [1.807, 2.05) is 0 Å². The molecule has 0 unspecified atom stereocenters. The molecule has 0 bridgehead atoms. The number of rotatable bonds is 5. The monoisotopic (exact) mass is 468 g/mol. The Labute approximate surface area is 196 Å². The van der Waals surface area contributed by atoms with Crippen molar-refractivity contribution in [3.05, 3.63) is 53.1 Å². The average molecular weight is 469 g/mol. The highest BCUT2D eigenvalue weighted by Gasteiger charge is 2.35. The Morgan fingerprint density at radius 3 is 3.03 bits per heavy atom. The number of hydrogen-bond donors (Lipinski definition) is 4. The highest BCUT2D eigenvalue weighted by atomic mass is 35.5. The number of benzene rings is 1. The fourth-order valence-electron chi connectivity index (χ4n) is 4.50. The van der Waals surface area contributed by atoms with Crippen molar-refractivity contribution in [2.45, 2.75) is 18.4 Å². The van der Waals surface area contributed by atoms with E-state index in [0.29, 0.717) is 41.5 Å². The van der Waals surface area contributed by atoms with E-state index >= 15 is 0 Å². The number of ether oxygens (including phenoxy) is 1. The number of carbonyl (C=O) groups is 1. The molecule has 10 heteroatoms. The molecule has 3 aromatic rings. The first kappa shape index (κ1) is 21.7. The summed E-state index contributed by atoms with van der Waals surface area (Å²) in [5, 5.41) is 16.9. The number of fused-ring (bicyclic) bond motifs is 1. The van der Waals surface area contributed by atoms with Crippen LogP contribution in [0.25, 0.3) is 11.4 Å². The zero-order valence-corrected chi connectivity index (χ0v) is 18.9. The van der Waals surface area contributed by atoms with Crippen LogP contribution in [0.15, 0.2) is 36.8 Å². The van der Waals surface area contributed by atoms with Gasteiger partial charge in [0.2, 0.25) is 0 Å². The molecule has 1 aromatic carbocycles. The van der Waals surface area contributed by atoms with Crippen molar-refractivity contribution >= 4 is 28.9 Å². The molecule has 0 spiro atoms. The number of aromatic nitrogens is 3. The highest BCUT2D eigenvalue weighted by molar-refractivity contribution is 6.32. The number of likely N-dealkylation sites (N-methyl/N-ethyl adjacent to an activating group) is 1.